The zero-order chi connectivity index (χ0) is 12.4. The molecule has 0 radical (unpaired) electrons. The monoisotopic (exact) mass is 230 g/mol. The van der Waals surface area contributed by atoms with E-state index in [1.165, 1.54) is 0 Å². The zero-order valence-electron chi connectivity index (χ0n) is 10.8. The smallest absolute Gasteiger partial charge is 0.220 e. The number of carbonyl (C=O) groups is 1. The Balaban J connectivity index is 3.83. The van der Waals surface area contributed by atoms with Crippen molar-refractivity contribution >= 4 is 5.91 Å². The predicted molar refractivity (Wildman–Crippen MR) is 66.2 cm³/mol. The number of carbonyl (C=O) groups excluding carboxylic acids is 1. The Kier molecular flexibility index (Phi) is 9.24. The van der Waals surface area contributed by atoms with Crippen molar-refractivity contribution < 1.29 is 9.53 Å². The van der Waals surface area contributed by atoms with Crippen molar-refractivity contribution in [2.45, 2.75) is 46.1 Å². The quantitative estimate of drug-likeness (QED) is 0.587. The highest BCUT2D eigenvalue weighted by molar-refractivity contribution is 5.76. The second-order valence-electron chi connectivity index (χ2n) is 4.32. The van der Waals surface area contributed by atoms with Crippen LogP contribution in [-0.4, -0.2) is 31.7 Å². The largest absolute Gasteiger partial charge is 0.380 e. The van der Waals surface area contributed by atoms with Crippen LogP contribution in [0, 0.1) is 5.92 Å². The van der Waals surface area contributed by atoms with Gasteiger partial charge in [0.15, 0.2) is 0 Å². The standard InChI is InChI=1S/C12H26N2O2/c1-4-16-9-11(10(2)3)14-12(15)7-5-6-8-13/h10-11H,4-9,13H2,1-3H3,(H,14,15). The Morgan fingerprint density at radius 2 is 2.06 bits per heavy atom. The van der Waals surface area contributed by atoms with Crippen LogP contribution in [0.1, 0.15) is 40.0 Å². The lowest BCUT2D eigenvalue weighted by Crippen LogP contribution is -2.41. The molecule has 1 unspecified atom stereocenters. The van der Waals surface area contributed by atoms with Gasteiger partial charge in [0.2, 0.25) is 5.91 Å². The average Bonchev–Trinajstić information content (AvgIpc) is 2.24. The fraction of sp³-hybridized carbons (Fsp3) is 0.917. The molecule has 3 N–H and O–H groups in total. The summed E-state index contributed by atoms with van der Waals surface area (Å²) in [5.41, 5.74) is 5.38. The van der Waals surface area contributed by atoms with Crippen molar-refractivity contribution in [3.8, 4) is 0 Å². The average molecular weight is 230 g/mol. The number of unbranched alkanes of at least 4 members (excludes halogenated alkanes) is 1. The molecule has 0 saturated heterocycles. The molecule has 0 rings (SSSR count). The molecule has 1 amide bonds. The third-order valence-electron chi connectivity index (χ3n) is 2.51. The van der Waals surface area contributed by atoms with Gasteiger partial charge in [0.25, 0.3) is 0 Å². The third kappa shape index (κ3) is 7.65. The van der Waals surface area contributed by atoms with E-state index in [-0.39, 0.29) is 11.9 Å². The number of amides is 1. The first kappa shape index (κ1) is 15.4. The second-order valence-corrected chi connectivity index (χ2v) is 4.32. The van der Waals surface area contributed by atoms with Gasteiger partial charge in [0, 0.05) is 13.0 Å². The molecule has 0 spiro atoms. The summed E-state index contributed by atoms with van der Waals surface area (Å²) in [6, 6.07) is 0.116. The van der Waals surface area contributed by atoms with E-state index >= 15 is 0 Å². The predicted octanol–water partition coefficient (Wildman–Crippen LogP) is 1.29. The van der Waals surface area contributed by atoms with Gasteiger partial charge in [-0.25, -0.2) is 0 Å². The molecule has 1 atom stereocenters. The lowest BCUT2D eigenvalue weighted by Gasteiger charge is -2.22. The SMILES string of the molecule is CCOCC(NC(=O)CCCCN)C(C)C. The fourth-order valence-corrected chi connectivity index (χ4v) is 1.35. The number of ether oxygens (including phenoxy) is 1. The topological polar surface area (TPSA) is 64.3 Å². The number of rotatable bonds is 9. The van der Waals surface area contributed by atoms with E-state index in [0.29, 0.717) is 32.1 Å². The molecule has 0 fully saturated rings. The van der Waals surface area contributed by atoms with Gasteiger partial charge in [-0.05, 0) is 32.2 Å². The Labute approximate surface area is 98.9 Å². The van der Waals surface area contributed by atoms with Gasteiger partial charge < -0.3 is 15.8 Å². The van der Waals surface area contributed by atoms with E-state index in [9.17, 15) is 4.79 Å². The first-order chi connectivity index (χ1) is 7.61. The molecule has 0 bridgehead atoms. The minimum absolute atomic E-state index is 0.104. The summed E-state index contributed by atoms with van der Waals surface area (Å²) in [4.78, 5) is 11.6. The van der Waals surface area contributed by atoms with E-state index in [0.717, 1.165) is 12.8 Å². The minimum Gasteiger partial charge on any atom is -0.380 e. The molecule has 0 aromatic rings. The van der Waals surface area contributed by atoms with Crippen molar-refractivity contribution in [1.29, 1.82) is 0 Å². The molecule has 96 valence electrons. The molecule has 0 aliphatic rings. The van der Waals surface area contributed by atoms with Crippen LogP contribution in [-0.2, 0) is 9.53 Å². The van der Waals surface area contributed by atoms with Crippen molar-refractivity contribution in [3.05, 3.63) is 0 Å². The first-order valence-corrected chi connectivity index (χ1v) is 6.19. The Morgan fingerprint density at radius 1 is 1.38 bits per heavy atom. The summed E-state index contributed by atoms with van der Waals surface area (Å²) >= 11 is 0. The van der Waals surface area contributed by atoms with E-state index in [2.05, 4.69) is 19.2 Å². The molecule has 0 saturated carbocycles. The van der Waals surface area contributed by atoms with Gasteiger partial charge >= 0.3 is 0 Å². The maximum atomic E-state index is 11.6. The summed E-state index contributed by atoms with van der Waals surface area (Å²) < 4.78 is 5.35. The van der Waals surface area contributed by atoms with Crippen LogP contribution in [0.5, 0.6) is 0 Å². The van der Waals surface area contributed by atoms with Crippen LogP contribution in [0.3, 0.4) is 0 Å². The summed E-state index contributed by atoms with van der Waals surface area (Å²) in [5.74, 6) is 0.497. The molecule has 16 heavy (non-hydrogen) atoms. The molecule has 0 aliphatic carbocycles. The Hall–Kier alpha value is -0.610. The highest BCUT2D eigenvalue weighted by atomic mass is 16.5. The summed E-state index contributed by atoms with van der Waals surface area (Å²) in [6.07, 6.45) is 2.33. The maximum absolute atomic E-state index is 11.6. The van der Waals surface area contributed by atoms with Crippen LogP contribution in [0.2, 0.25) is 0 Å². The lowest BCUT2D eigenvalue weighted by molar-refractivity contribution is -0.122. The molecule has 0 aromatic heterocycles. The Bertz CT molecular complexity index is 184. The van der Waals surface area contributed by atoms with Crippen molar-refractivity contribution in [2.75, 3.05) is 19.8 Å². The highest BCUT2D eigenvalue weighted by Crippen LogP contribution is 2.03. The molecule has 4 nitrogen and oxygen atoms in total. The second kappa shape index (κ2) is 9.60. The van der Waals surface area contributed by atoms with E-state index in [1.54, 1.807) is 0 Å². The van der Waals surface area contributed by atoms with E-state index in [1.807, 2.05) is 6.92 Å². The minimum atomic E-state index is 0.104. The lowest BCUT2D eigenvalue weighted by atomic mass is 10.1. The van der Waals surface area contributed by atoms with Crippen LogP contribution in [0.15, 0.2) is 0 Å². The van der Waals surface area contributed by atoms with Crippen LogP contribution >= 0.6 is 0 Å². The summed E-state index contributed by atoms with van der Waals surface area (Å²) in [7, 11) is 0. The highest BCUT2D eigenvalue weighted by Gasteiger charge is 2.15. The fourth-order valence-electron chi connectivity index (χ4n) is 1.35. The summed E-state index contributed by atoms with van der Waals surface area (Å²) in [5, 5.41) is 3.01. The summed E-state index contributed by atoms with van der Waals surface area (Å²) in [6.45, 7) is 8.07. The van der Waals surface area contributed by atoms with Crippen LogP contribution < -0.4 is 11.1 Å². The van der Waals surface area contributed by atoms with E-state index < -0.39 is 0 Å². The molecular formula is C12H26N2O2. The Morgan fingerprint density at radius 3 is 2.56 bits per heavy atom. The normalized spacial score (nSPS) is 12.8. The van der Waals surface area contributed by atoms with E-state index in [4.69, 9.17) is 10.5 Å². The molecule has 4 heteroatoms. The number of hydrogen-bond acceptors (Lipinski definition) is 3. The number of nitrogens with two attached hydrogens (primary N) is 1. The maximum Gasteiger partial charge on any atom is 0.220 e. The van der Waals surface area contributed by atoms with Crippen molar-refractivity contribution in [2.24, 2.45) is 11.7 Å². The van der Waals surface area contributed by atoms with Crippen LogP contribution in [0.25, 0.3) is 0 Å². The van der Waals surface area contributed by atoms with Crippen molar-refractivity contribution in [3.63, 3.8) is 0 Å². The van der Waals surface area contributed by atoms with Gasteiger partial charge in [0.1, 0.15) is 0 Å². The van der Waals surface area contributed by atoms with Crippen LogP contribution in [0.4, 0.5) is 0 Å². The molecule has 0 heterocycles. The van der Waals surface area contributed by atoms with Gasteiger partial charge in [-0.2, -0.15) is 0 Å². The number of hydrogen-bond donors (Lipinski definition) is 2. The van der Waals surface area contributed by atoms with Gasteiger partial charge in [-0.1, -0.05) is 13.8 Å². The molecule has 0 aromatic carbocycles. The molecule has 0 aliphatic heterocycles. The van der Waals surface area contributed by atoms with Gasteiger partial charge in [-0.3, -0.25) is 4.79 Å². The number of nitrogens with one attached hydrogen (secondary N) is 1. The van der Waals surface area contributed by atoms with Crippen molar-refractivity contribution in [1.82, 2.24) is 5.32 Å². The van der Waals surface area contributed by atoms with Gasteiger partial charge in [0.05, 0.1) is 12.6 Å². The van der Waals surface area contributed by atoms with Gasteiger partial charge in [-0.15, -0.1) is 0 Å². The third-order valence-corrected chi connectivity index (χ3v) is 2.51. The zero-order valence-corrected chi connectivity index (χ0v) is 10.8. The first-order valence-electron chi connectivity index (χ1n) is 6.19. The molecular weight excluding hydrogens is 204 g/mol.